The van der Waals surface area contributed by atoms with Crippen LogP contribution < -0.4 is 0 Å². The normalized spacial score (nSPS) is 13.1. The van der Waals surface area contributed by atoms with Crippen LogP contribution in [-0.4, -0.2) is 11.3 Å². The van der Waals surface area contributed by atoms with Crippen molar-refractivity contribution >= 4 is 38.4 Å². The molecule has 82 valence electrons. The van der Waals surface area contributed by atoms with E-state index in [1.807, 2.05) is 0 Å². The molecule has 1 nitrogen and oxygen atoms in total. The van der Waals surface area contributed by atoms with Gasteiger partial charge in [-0.05, 0) is 28.1 Å². The van der Waals surface area contributed by atoms with Crippen LogP contribution in [0.3, 0.4) is 0 Å². The van der Waals surface area contributed by atoms with E-state index in [9.17, 15) is 17.6 Å². The Morgan fingerprint density at radius 1 is 1.33 bits per heavy atom. The van der Waals surface area contributed by atoms with E-state index in [0.717, 1.165) is 6.07 Å². The van der Waals surface area contributed by atoms with Crippen LogP contribution in [0.5, 0.6) is 0 Å². The Labute approximate surface area is 95.9 Å². The minimum atomic E-state index is -4.77. The highest BCUT2D eigenvalue weighted by molar-refractivity contribution is 9.10. The second-order valence-electron chi connectivity index (χ2n) is 2.47. The lowest BCUT2D eigenvalue weighted by Crippen LogP contribution is -2.16. The second-order valence-corrected chi connectivity index (χ2v) is 3.69. The molecule has 0 heterocycles. The molecule has 0 bridgehead atoms. The topological polar surface area (TPSA) is 12.4 Å². The van der Waals surface area contributed by atoms with Crippen LogP contribution in [0.25, 0.3) is 0 Å². The van der Waals surface area contributed by atoms with Gasteiger partial charge in [0, 0.05) is 0 Å². The maximum Gasteiger partial charge on any atom is 0.444 e. The van der Waals surface area contributed by atoms with Gasteiger partial charge in [0.15, 0.2) is 5.82 Å². The van der Waals surface area contributed by atoms with Gasteiger partial charge in [0.25, 0.3) is 0 Å². The van der Waals surface area contributed by atoms with Gasteiger partial charge in [-0.3, -0.25) is 0 Å². The fourth-order valence-corrected chi connectivity index (χ4v) is 1.19. The predicted octanol–water partition coefficient (Wildman–Crippen LogP) is 4.42. The predicted molar refractivity (Wildman–Crippen MR) is 53.1 cm³/mol. The first kappa shape index (κ1) is 12.4. The largest absolute Gasteiger partial charge is 0.444 e. The van der Waals surface area contributed by atoms with Crippen molar-refractivity contribution in [3.63, 3.8) is 0 Å². The number of halogens is 6. The van der Waals surface area contributed by atoms with Crippen LogP contribution in [-0.2, 0) is 0 Å². The summed E-state index contributed by atoms with van der Waals surface area (Å²) >= 11 is 7.68. The van der Waals surface area contributed by atoms with Gasteiger partial charge in [-0.2, -0.15) is 13.2 Å². The van der Waals surface area contributed by atoms with Gasteiger partial charge < -0.3 is 0 Å². The summed E-state index contributed by atoms with van der Waals surface area (Å²) in [5.41, 5.74) is -0.466. The number of hydrogen-bond donors (Lipinski definition) is 0. The Morgan fingerprint density at radius 3 is 2.47 bits per heavy atom. The molecule has 0 saturated heterocycles. The summed E-state index contributed by atoms with van der Waals surface area (Å²) in [6.45, 7) is 0. The van der Waals surface area contributed by atoms with E-state index in [-0.39, 0.29) is 4.47 Å². The fraction of sp³-hybridized carbons (Fsp3) is 0.125. The number of nitrogens with zero attached hydrogens (tertiary/aromatic N) is 1. The van der Waals surface area contributed by atoms with E-state index in [1.54, 1.807) is 0 Å². The molecule has 15 heavy (non-hydrogen) atoms. The molecule has 0 radical (unpaired) electrons. The van der Waals surface area contributed by atoms with E-state index in [1.165, 1.54) is 12.1 Å². The highest BCUT2D eigenvalue weighted by atomic mass is 79.9. The highest BCUT2D eigenvalue weighted by Crippen LogP contribution is 2.28. The van der Waals surface area contributed by atoms with Gasteiger partial charge >= 0.3 is 6.18 Å². The summed E-state index contributed by atoms with van der Waals surface area (Å²) < 4.78 is 49.1. The summed E-state index contributed by atoms with van der Waals surface area (Å²) in [5.74, 6) is -0.889. The molecule has 0 amide bonds. The minimum Gasteiger partial charge on any atom is -0.229 e. The van der Waals surface area contributed by atoms with Gasteiger partial charge in [0.1, 0.15) is 5.69 Å². The molecule has 1 aromatic carbocycles. The Bertz CT molecular complexity index is 402. The van der Waals surface area contributed by atoms with Crippen molar-refractivity contribution in [3.05, 3.63) is 28.5 Å². The summed E-state index contributed by atoms with van der Waals surface area (Å²) in [6, 6.07) is 3.79. The van der Waals surface area contributed by atoms with Crippen LogP contribution in [0, 0.1) is 5.82 Å². The van der Waals surface area contributed by atoms with Gasteiger partial charge in [0.2, 0.25) is 5.17 Å². The minimum absolute atomic E-state index is 0.0235. The third-order valence-corrected chi connectivity index (χ3v) is 2.29. The van der Waals surface area contributed by atoms with Gasteiger partial charge in [-0.1, -0.05) is 17.7 Å². The van der Waals surface area contributed by atoms with Crippen molar-refractivity contribution in [1.29, 1.82) is 0 Å². The number of rotatable bonds is 1. The molecular formula is C8H3BrClF4N. The van der Waals surface area contributed by atoms with Crippen LogP contribution in [0.1, 0.15) is 0 Å². The number of aliphatic imine (C=N–C) groups is 1. The molecule has 0 aliphatic carbocycles. The van der Waals surface area contributed by atoms with Crippen molar-refractivity contribution in [2.75, 3.05) is 0 Å². The van der Waals surface area contributed by atoms with Crippen molar-refractivity contribution in [3.8, 4) is 0 Å². The third-order valence-electron chi connectivity index (χ3n) is 1.38. The Kier molecular flexibility index (Phi) is 3.72. The fourth-order valence-electron chi connectivity index (χ4n) is 0.748. The summed E-state index contributed by atoms with van der Waals surface area (Å²) in [4.78, 5) is 2.94. The van der Waals surface area contributed by atoms with Crippen LogP contribution >= 0.6 is 27.5 Å². The smallest absolute Gasteiger partial charge is 0.229 e. The molecule has 1 aromatic rings. The maximum absolute atomic E-state index is 13.2. The first-order valence-electron chi connectivity index (χ1n) is 3.58. The van der Waals surface area contributed by atoms with Crippen molar-refractivity contribution in [2.24, 2.45) is 4.99 Å². The van der Waals surface area contributed by atoms with Crippen LogP contribution in [0.15, 0.2) is 27.7 Å². The average molecular weight is 304 g/mol. The maximum atomic E-state index is 13.2. The molecule has 0 aromatic heterocycles. The van der Waals surface area contributed by atoms with Crippen molar-refractivity contribution in [1.82, 2.24) is 0 Å². The number of hydrogen-bond acceptors (Lipinski definition) is 1. The molecule has 0 spiro atoms. The van der Waals surface area contributed by atoms with E-state index in [2.05, 4.69) is 20.9 Å². The van der Waals surface area contributed by atoms with E-state index in [0.29, 0.717) is 0 Å². The summed E-state index contributed by atoms with van der Waals surface area (Å²) in [6.07, 6.45) is -4.77. The Balaban J connectivity index is 3.15. The molecule has 0 fully saturated rings. The highest BCUT2D eigenvalue weighted by Gasteiger charge is 2.34. The number of alkyl halides is 3. The molecule has 1 rings (SSSR count). The molecule has 0 aliphatic rings. The first-order valence-corrected chi connectivity index (χ1v) is 4.75. The summed E-state index contributed by atoms with van der Waals surface area (Å²) in [5, 5.41) is -1.61. The van der Waals surface area contributed by atoms with E-state index < -0.39 is 22.9 Å². The van der Waals surface area contributed by atoms with Crippen molar-refractivity contribution < 1.29 is 17.6 Å². The zero-order valence-corrected chi connectivity index (χ0v) is 9.29. The quantitative estimate of drug-likeness (QED) is 0.538. The van der Waals surface area contributed by atoms with Crippen LogP contribution in [0.4, 0.5) is 23.2 Å². The van der Waals surface area contributed by atoms with Crippen molar-refractivity contribution in [2.45, 2.75) is 6.18 Å². The Hall–Kier alpha value is -0.620. The zero-order valence-electron chi connectivity index (χ0n) is 6.95. The van der Waals surface area contributed by atoms with E-state index >= 15 is 0 Å². The molecular weight excluding hydrogens is 301 g/mol. The number of benzene rings is 1. The summed E-state index contributed by atoms with van der Waals surface area (Å²) in [7, 11) is 0. The monoisotopic (exact) mass is 303 g/mol. The zero-order chi connectivity index (χ0) is 11.6. The molecule has 0 atom stereocenters. The molecule has 0 N–H and O–H groups in total. The SMILES string of the molecule is Fc1c(Br)cccc1N=C(Cl)C(F)(F)F. The third kappa shape index (κ3) is 3.17. The lowest BCUT2D eigenvalue weighted by molar-refractivity contribution is -0.0558. The lowest BCUT2D eigenvalue weighted by atomic mass is 10.3. The van der Waals surface area contributed by atoms with E-state index in [4.69, 9.17) is 11.6 Å². The molecule has 0 unspecified atom stereocenters. The molecule has 0 saturated carbocycles. The second kappa shape index (κ2) is 4.49. The molecule has 0 aliphatic heterocycles. The van der Waals surface area contributed by atoms with Gasteiger partial charge in [-0.25, -0.2) is 9.38 Å². The molecule has 7 heteroatoms. The van der Waals surface area contributed by atoms with Gasteiger partial charge in [-0.15, -0.1) is 0 Å². The van der Waals surface area contributed by atoms with Crippen LogP contribution in [0.2, 0.25) is 0 Å². The Morgan fingerprint density at radius 2 is 1.93 bits per heavy atom. The lowest BCUT2D eigenvalue weighted by Gasteiger charge is -2.04. The first-order chi connectivity index (χ1) is 6.82. The average Bonchev–Trinajstić information content (AvgIpc) is 2.11. The van der Waals surface area contributed by atoms with Gasteiger partial charge in [0.05, 0.1) is 4.47 Å². The standard InChI is InChI=1S/C8H3BrClF4N/c9-4-2-1-3-5(6(4)11)15-7(10)8(12,13)14/h1-3H.